The van der Waals surface area contributed by atoms with E-state index in [1.54, 1.807) is 12.1 Å². The molecule has 0 amide bonds. The molecule has 0 saturated carbocycles. The van der Waals surface area contributed by atoms with Crippen LogP contribution in [0.2, 0.25) is 0 Å². The van der Waals surface area contributed by atoms with Gasteiger partial charge in [0.15, 0.2) is 0 Å². The summed E-state index contributed by atoms with van der Waals surface area (Å²) in [4.78, 5) is 1.17. The topological polar surface area (TPSA) is 42.4 Å². The van der Waals surface area contributed by atoms with Gasteiger partial charge in [0.25, 0.3) is 0 Å². The highest BCUT2D eigenvalue weighted by molar-refractivity contribution is 5.07. The van der Waals surface area contributed by atoms with E-state index in [0.717, 1.165) is 0 Å². The molecule has 1 aromatic heterocycles. The van der Waals surface area contributed by atoms with Crippen molar-refractivity contribution < 1.29 is 17.6 Å². The van der Waals surface area contributed by atoms with Crippen LogP contribution in [-0.2, 0) is 0 Å². The Bertz CT molecular complexity index is 324. The number of nitrogens with zero attached hydrogens (tertiary/aromatic N) is 1. The lowest BCUT2D eigenvalue weighted by atomic mass is 10.0. The standard InChI is InChI=1S/C11H17F3N2O/c1-3-8(15)10(9-5-4-6-17-9)16(2)7-11(12,13)14/h4-6,8,10H,3,7,15H2,1-2H3. The molecule has 0 saturated heterocycles. The van der Waals surface area contributed by atoms with E-state index in [1.807, 2.05) is 6.92 Å². The van der Waals surface area contributed by atoms with Crippen LogP contribution in [0.1, 0.15) is 25.1 Å². The van der Waals surface area contributed by atoms with Crippen LogP contribution in [0.4, 0.5) is 13.2 Å². The summed E-state index contributed by atoms with van der Waals surface area (Å²) in [6, 6.07) is 2.34. The highest BCUT2D eigenvalue weighted by Gasteiger charge is 2.35. The first-order valence-electron chi connectivity index (χ1n) is 5.41. The van der Waals surface area contributed by atoms with E-state index in [-0.39, 0.29) is 0 Å². The molecule has 0 fully saturated rings. The van der Waals surface area contributed by atoms with Crippen LogP contribution < -0.4 is 5.73 Å². The van der Waals surface area contributed by atoms with E-state index in [4.69, 9.17) is 10.2 Å². The van der Waals surface area contributed by atoms with Crippen LogP contribution in [0.25, 0.3) is 0 Å². The van der Waals surface area contributed by atoms with Gasteiger partial charge in [-0.3, -0.25) is 4.90 Å². The van der Waals surface area contributed by atoms with Gasteiger partial charge in [-0.15, -0.1) is 0 Å². The summed E-state index contributed by atoms with van der Waals surface area (Å²) in [6.07, 6.45) is -2.23. The van der Waals surface area contributed by atoms with Gasteiger partial charge in [0.1, 0.15) is 5.76 Å². The molecule has 1 rings (SSSR count). The van der Waals surface area contributed by atoms with Gasteiger partial charge in [-0.1, -0.05) is 6.92 Å². The molecule has 0 bridgehead atoms. The van der Waals surface area contributed by atoms with E-state index in [1.165, 1.54) is 18.2 Å². The summed E-state index contributed by atoms with van der Waals surface area (Å²) in [5.41, 5.74) is 5.86. The first-order chi connectivity index (χ1) is 7.85. The van der Waals surface area contributed by atoms with Crippen LogP contribution in [-0.4, -0.2) is 30.7 Å². The Morgan fingerprint density at radius 3 is 2.53 bits per heavy atom. The summed E-state index contributed by atoms with van der Waals surface area (Å²) in [5.74, 6) is 0.464. The Hall–Kier alpha value is -1.01. The molecular weight excluding hydrogens is 233 g/mol. The van der Waals surface area contributed by atoms with Crippen molar-refractivity contribution in [2.45, 2.75) is 31.6 Å². The minimum atomic E-state index is -4.24. The molecule has 0 aliphatic carbocycles. The van der Waals surface area contributed by atoms with Crippen molar-refractivity contribution in [1.29, 1.82) is 0 Å². The van der Waals surface area contributed by atoms with Gasteiger partial charge in [-0.05, 0) is 25.6 Å². The van der Waals surface area contributed by atoms with Gasteiger partial charge in [-0.25, -0.2) is 0 Å². The van der Waals surface area contributed by atoms with Crippen LogP contribution >= 0.6 is 0 Å². The summed E-state index contributed by atoms with van der Waals surface area (Å²) in [7, 11) is 1.40. The molecule has 6 heteroatoms. The predicted molar refractivity (Wildman–Crippen MR) is 58.4 cm³/mol. The fourth-order valence-electron chi connectivity index (χ4n) is 1.82. The van der Waals surface area contributed by atoms with Crippen molar-refractivity contribution in [2.75, 3.05) is 13.6 Å². The van der Waals surface area contributed by atoms with E-state index < -0.39 is 24.8 Å². The minimum Gasteiger partial charge on any atom is -0.468 e. The number of halogens is 3. The highest BCUT2D eigenvalue weighted by Crippen LogP contribution is 2.27. The Balaban J connectivity index is 2.84. The zero-order valence-electron chi connectivity index (χ0n) is 9.87. The van der Waals surface area contributed by atoms with E-state index in [0.29, 0.717) is 12.2 Å². The molecule has 98 valence electrons. The van der Waals surface area contributed by atoms with Crippen molar-refractivity contribution in [2.24, 2.45) is 5.73 Å². The molecule has 1 heterocycles. The maximum absolute atomic E-state index is 12.4. The first kappa shape index (κ1) is 14.1. The molecule has 17 heavy (non-hydrogen) atoms. The van der Waals surface area contributed by atoms with Crippen molar-refractivity contribution in [1.82, 2.24) is 4.90 Å². The number of furan rings is 1. The summed E-state index contributed by atoms with van der Waals surface area (Å²) in [5, 5.41) is 0. The minimum absolute atomic E-state index is 0.395. The van der Waals surface area contributed by atoms with Crippen molar-refractivity contribution in [3.05, 3.63) is 24.2 Å². The van der Waals surface area contributed by atoms with Crippen LogP contribution in [0, 0.1) is 0 Å². The summed E-state index contributed by atoms with van der Waals surface area (Å²) >= 11 is 0. The number of nitrogens with two attached hydrogens (primary N) is 1. The quantitative estimate of drug-likeness (QED) is 0.873. The number of likely N-dealkylation sites (N-methyl/N-ethyl adjacent to an activating group) is 1. The smallest absolute Gasteiger partial charge is 0.401 e. The molecule has 2 N–H and O–H groups in total. The zero-order chi connectivity index (χ0) is 13.1. The Morgan fingerprint density at radius 2 is 2.12 bits per heavy atom. The summed E-state index contributed by atoms with van der Waals surface area (Å²) in [6.45, 7) is 0.827. The van der Waals surface area contributed by atoms with Gasteiger partial charge in [0.05, 0.1) is 18.8 Å². The highest BCUT2D eigenvalue weighted by atomic mass is 19.4. The second kappa shape index (κ2) is 5.55. The lowest BCUT2D eigenvalue weighted by molar-refractivity contribution is -0.149. The lowest BCUT2D eigenvalue weighted by Gasteiger charge is -2.31. The third kappa shape index (κ3) is 4.05. The van der Waals surface area contributed by atoms with Gasteiger partial charge in [-0.2, -0.15) is 13.2 Å². The molecule has 0 spiro atoms. The normalized spacial score (nSPS) is 16.2. The Labute approximate surface area is 98.4 Å². The summed E-state index contributed by atoms with van der Waals surface area (Å²) < 4.78 is 42.3. The van der Waals surface area contributed by atoms with Gasteiger partial charge >= 0.3 is 6.18 Å². The van der Waals surface area contributed by atoms with Crippen molar-refractivity contribution >= 4 is 0 Å². The van der Waals surface area contributed by atoms with Gasteiger partial charge < -0.3 is 10.2 Å². The zero-order valence-corrected chi connectivity index (χ0v) is 9.87. The van der Waals surface area contributed by atoms with E-state index in [9.17, 15) is 13.2 Å². The number of alkyl halides is 3. The molecule has 0 aliphatic rings. The van der Waals surface area contributed by atoms with Crippen LogP contribution in [0.3, 0.4) is 0 Å². The van der Waals surface area contributed by atoms with Gasteiger partial charge in [0.2, 0.25) is 0 Å². The maximum atomic E-state index is 12.4. The maximum Gasteiger partial charge on any atom is 0.401 e. The molecule has 2 unspecified atom stereocenters. The first-order valence-corrected chi connectivity index (χ1v) is 5.41. The monoisotopic (exact) mass is 250 g/mol. The number of hydrogen-bond acceptors (Lipinski definition) is 3. The lowest BCUT2D eigenvalue weighted by Crippen LogP contribution is -2.42. The number of rotatable bonds is 5. The van der Waals surface area contributed by atoms with Gasteiger partial charge in [0, 0.05) is 6.04 Å². The molecule has 0 aromatic carbocycles. The molecular formula is C11H17F3N2O. The van der Waals surface area contributed by atoms with Crippen molar-refractivity contribution in [3.63, 3.8) is 0 Å². The molecule has 0 radical (unpaired) electrons. The Kier molecular flexibility index (Phi) is 4.59. The second-order valence-electron chi connectivity index (χ2n) is 4.06. The largest absolute Gasteiger partial charge is 0.468 e. The average molecular weight is 250 g/mol. The second-order valence-corrected chi connectivity index (χ2v) is 4.06. The fourth-order valence-corrected chi connectivity index (χ4v) is 1.82. The average Bonchev–Trinajstić information content (AvgIpc) is 2.68. The molecule has 2 atom stereocenters. The van der Waals surface area contributed by atoms with Crippen LogP contribution in [0.15, 0.2) is 22.8 Å². The molecule has 1 aromatic rings. The molecule has 3 nitrogen and oxygen atoms in total. The van der Waals surface area contributed by atoms with Crippen molar-refractivity contribution in [3.8, 4) is 0 Å². The fraction of sp³-hybridized carbons (Fsp3) is 0.636. The van der Waals surface area contributed by atoms with Crippen LogP contribution in [0.5, 0.6) is 0 Å². The SMILES string of the molecule is CCC(N)C(c1ccco1)N(C)CC(F)(F)F. The third-order valence-corrected chi connectivity index (χ3v) is 2.62. The molecule has 0 aliphatic heterocycles. The number of hydrogen-bond donors (Lipinski definition) is 1. The Morgan fingerprint density at radius 1 is 1.47 bits per heavy atom. The van der Waals surface area contributed by atoms with E-state index >= 15 is 0 Å². The third-order valence-electron chi connectivity index (χ3n) is 2.62. The predicted octanol–water partition coefficient (Wildman–Crippen LogP) is 2.55. The van der Waals surface area contributed by atoms with E-state index in [2.05, 4.69) is 0 Å².